The van der Waals surface area contributed by atoms with Gasteiger partial charge in [0.25, 0.3) is 5.91 Å². The molecule has 0 fully saturated rings. The average Bonchev–Trinajstić information content (AvgIpc) is 2.57. The highest BCUT2D eigenvalue weighted by Crippen LogP contribution is 2.32. The highest BCUT2D eigenvalue weighted by Gasteiger charge is 2.19. The molecule has 1 aliphatic rings. The van der Waals surface area contributed by atoms with Gasteiger partial charge < -0.3 is 15.1 Å². The fraction of sp³-hybridized carbons (Fsp3) is 0.278. The van der Waals surface area contributed by atoms with Crippen LogP contribution in [0.5, 0.6) is 0 Å². The molecule has 4 nitrogen and oxygen atoms in total. The molecule has 0 bridgehead atoms. The number of amides is 1. The second kappa shape index (κ2) is 6.10. The summed E-state index contributed by atoms with van der Waals surface area (Å²) in [4.78, 5) is 16.3. The van der Waals surface area contributed by atoms with Crippen LogP contribution in [-0.4, -0.2) is 33.1 Å². The van der Waals surface area contributed by atoms with Gasteiger partial charge in [0, 0.05) is 39.3 Å². The second-order valence-electron chi connectivity index (χ2n) is 5.61. The molecule has 3 rings (SSSR count). The zero-order chi connectivity index (χ0) is 15.5. The molecule has 0 saturated carbocycles. The van der Waals surface area contributed by atoms with Crippen LogP contribution in [0.25, 0.3) is 0 Å². The van der Waals surface area contributed by atoms with Crippen LogP contribution in [0.1, 0.15) is 15.9 Å². The summed E-state index contributed by atoms with van der Waals surface area (Å²) < 4.78 is 0. The van der Waals surface area contributed by atoms with Gasteiger partial charge in [0.1, 0.15) is 0 Å². The number of nitrogens with zero attached hydrogens (tertiary/aromatic N) is 2. The van der Waals surface area contributed by atoms with Crippen LogP contribution in [0.2, 0.25) is 0 Å². The lowest BCUT2D eigenvalue weighted by molar-refractivity contribution is 0.0963. The number of hydrogen-bond acceptors (Lipinski definition) is 3. The van der Waals surface area contributed by atoms with Crippen LogP contribution in [0.3, 0.4) is 0 Å². The Hall–Kier alpha value is -2.49. The summed E-state index contributed by atoms with van der Waals surface area (Å²) in [5.74, 6) is -0.0449. The number of para-hydroxylation sites is 2. The van der Waals surface area contributed by atoms with Gasteiger partial charge in [-0.1, -0.05) is 24.3 Å². The van der Waals surface area contributed by atoms with Crippen LogP contribution < -0.4 is 15.1 Å². The van der Waals surface area contributed by atoms with Gasteiger partial charge in [0.2, 0.25) is 0 Å². The maximum atomic E-state index is 11.6. The maximum absolute atomic E-state index is 11.6. The summed E-state index contributed by atoms with van der Waals surface area (Å²) in [6.45, 7) is 2.89. The van der Waals surface area contributed by atoms with Gasteiger partial charge in [-0.25, -0.2) is 0 Å². The summed E-state index contributed by atoms with van der Waals surface area (Å²) in [5, 5.41) is 2.65. The van der Waals surface area contributed by atoms with E-state index in [0.717, 1.165) is 19.6 Å². The van der Waals surface area contributed by atoms with E-state index < -0.39 is 0 Å². The number of rotatable bonds is 3. The lowest BCUT2D eigenvalue weighted by Crippen LogP contribution is -2.38. The van der Waals surface area contributed by atoms with Gasteiger partial charge in [0.05, 0.1) is 11.4 Å². The van der Waals surface area contributed by atoms with Crippen molar-refractivity contribution in [3.8, 4) is 0 Å². The molecule has 22 heavy (non-hydrogen) atoms. The van der Waals surface area contributed by atoms with E-state index in [4.69, 9.17) is 0 Å². The fourth-order valence-electron chi connectivity index (χ4n) is 2.86. The lowest BCUT2D eigenvalue weighted by Gasteiger charge is -2.37. The SMILES string of the molecule is CNC(=O)c1ccc(CN2CCN(C)c3ccccc32)cc1. The number of anilines is 2. The maximum Gasteiger partial charge on any atom is 0.251 e. The standard InChI is InChI=1S/C18H21N3O/c1-19-18(22)15-9-7-14(8-10-15)13-21-12-11-20(2)16-5-3-4-6-17(16)21/h3-10H,11-13H2,1-2H3,(H,19,22). The van der Waals surface area contributed by atoms with E-state index in [1.165, 1.54) is 16.9 Å². The number of hydrogen-bond donors (Lipinski definition) is 1. The van der Waals surface area contributed by atoms with E-state index in [2.05, 4.69) is 46.4 Å². The molecular formula is C18H21N3O. The predicted octanol–water partition coefficient (Wildman–Crippen LogP) is 2.50. The Morgan fingerprint density at radius 2 is 1.73 bits per heavy atom. The molecule has 2 aromatic carbocycles. The molecule has 0 atom stereocenters. The van der Waals surface area contributed by atoms with E-state index in [1.54, 1.807) is 7.05 Å². The molecule has 1 N–H and O–H groups in total. The van der Waals surface area contributed by atoms with Crippen LogP contribution in [-0.2, 0) is 6.54 Å². The highest BCUT2D eigenvalue weighted by molar-refractivity contribution is 5.93. The Kier molecular flexibility index (Phi) is 4.00. The van der Waals surface area contributed by atoms with E-state index in [-0.39, 0.29) is 5.91 Å². The monoisotopic (exact) mass is 295 g/mol. The van der Waals surface area contributed by atoms with Gasteiger partial charge in [-0.15, -0.1) is 0 Å². The molecule has 2 aromatic rings. The van der Waals surface area contributed by atoms with Crippen LogP contribution in [0.4, 0.5) is 11.4 Å². The largest absolute Gasteiger partial charge is 0.371 e. The third-order valence-electron chi connectivity index (χ3n) is 4.16. The Morgan fingerprint density at radius 3 is 2.41 bits per heavy atom. The Morgan fingerprint density at radius 1 is 1.05 bits per heavy atom. The lowest BCUT2D eigenvalue weighted by atomic mass is 10.1. The van der Waals surface area contributed by atoms with Crippen molar-refractivity contribution in [3.63, 3.8) is 0 Å². The van der Waals surface area contributed by atoms with Crippen molar-refractivity contribution < 1.29 is 4.79 Å². The molecule has 0 saturated heterocycles. The van der Waals surface area contributed by atoms with E-state index >= 15 is 0 Å². The third kappa shape index (κ3) is 2.77. The van der Waals surface area contributed by atoms with Gasteiger partial charge >= 0.3 is 0 Å². The van der Waals surface area contributed by atoms with Crippen molar-refractivity contribution >= 4 is 17.3 Å². The quantitative estimate of drug-likeness (QED) is 0.945. The molecule has 1 heterocycles. The summed E-state index contributed by atoms with van der Waals surface area (Å²) in [6.07, 6.45) is 0. The zero-order valence-electron chi connectivity index (χ0n) is 13.0. The molecule has 1 aliphatic heterocycles. The molecular weight excluding hydrogens is 274 g/mol. The number of carbonyl (C=O) groups is 1. The number of carbonyl (C=O) groups excluding carboxylic acids is 1. The highest BCUT2D eigenvalue weighted by atomic mass is 16.1. The fourth-order valence-corrected chi connectivity index (χ4v) is 2.86. The first-order chi connectivity index (χ1) is 10.7. The van der Waals surface area contributed by atoms with E-state index in [1.807, 2.05) is 24.3 Å². The number of nitrogens with one attached hydrogen (secondary N) is 1. The summed E-state index contributed by atoms with van der Waals surface area (Å²) in [7, 11) is 3.78. The summed E-state index contributed by atoms with van der Waals surface area (Å²) in [6, 6.07) is 16.3. The first kappa shape index (κ1) is 14.4. The minimum Gasteiger partial charge on any atom is -0.371 e. The molecule has 114 valence electrons. The summed E-state index contributed by atoms with van der Waals surface area (Å²) in [5.41, 5.74) is 4.46. The predicted molar refractivity (Wildman–Crippen MR) is 90.6 cm³/mol. The molecule has 0 aliphatic carbocycles. The smallest absolute Gasteiger partial charge is 0.251 e. The molecule has 4 heteroatoms. The minimum atomic E-state index is -0.0449. The second-order valence-corrected chi connectivity index (χ2v) is 5.61. The Bertz CT molecular complexity index is 666. The van der Waals surface area contributed by atoms with Crippen molar-refractivity contribution in [2.24, 2.45) is 0 Å². The number of likely N-dealkylation sites (N-methyl/N-ethyl adjacent to an activating group) is 1. The first-order valence-corrected chi connectivity index (χ1v) is 7.55. The van der Waals surface area contributed by atoms with E-state index in [9.17, 15) is 4.79 Å². The molecule has 0 radical (unpaired) electrons. The van der Waals surface area contributed by atoms with Gasteiger partial charge in [-0.3, -0.25) is 4.79 Å². The number of fused-ring (bicyclic) bond motifs is 1. The van der Waals surface area contributed by atoms with Gasteiger partial charge in [-0.05, 0) is 29.8 Å². The van der Waals surface area contributed by atoms with Gasteiger partial charge in [0.15, 0.2) is 0 Å². The first-order valence-electron chi connectivity index (χ1n) is 7.55. The summed E-state index contributed by atoms with van der Waals surface area (Å²) >= 11 is 0. The van der Waals surface area contributed by atoms with Crippen molar-refractivity contribution in [2.45, 2.75) is 6.54 Å². The average molecular weight is 295 g/mol. The molecule has 0 spiro atoms. The van der Waals surface area contributed by atoms with Crippen LogP contribution in [0.15, 0.2) is 48.5 Å². The third-order valence-corrected chi connectivity index (χ3v) is 4.16. The minimum absolute atomic E-state index is 0.0449. The van der Waals surface area contributed by atoms with Crippen molar-refractivity contribution in [2.75, 3.05) is 37.0 Å². The van der Waals surface area contributed by atoms with Crippen LogP contribution >= 0.6 is 0 Å². The zero-order valence-corrected chi connectivity index (χ0v) is 13.0. The topological polar surface area (TPSA) is 35.6 Å². The molecule has 1 amide bonds. The van der Waals surface area contributed by atoms with Crippen molar-refractivity contribution in [3.05, 3.63) is 59.7 Å². The molecule has 0 aromatic heterocycles. The van der Waals surface area contributed by atoms with Gasteiger partial charge in [-0.2, -0.15) is 0 Å². The van der Waals surface area contributed by atoms with E-state index in [0.29, 0.717) is 5.56 Å². The van der Waals surface area contributed by atoms with Crippen LogP contribution in [0, 0.1) is 0 Å². The number of benzene rings is 2. The molecule has 0 unspecified atom stereocenters. The Labute approximate surface area is 131 Å². The Balaban J connectivity index is 1.79. The van der Waals surface area contributed by atoms with Crippen molar-refractivity contribution in [1.29, 1.82) is 0 Å². The van der Waals surface area contributed by atoms with Crippen molar-refractivity contribution in [1.82, 2.24) is 5.32 Å². The normalized spacial score (nSPS) is 13.7.